The molecule has 0 heterocycles. The van der Waals surface area contributed by atoms with Crippen LogP contribution >= 0.6 is 0 Å². The maximum Gasteiger partial charge on any atom is 0.0697 e. The molecule has 0 spiro atoms. The van der Waals surface area contributed by atoms with Crippen LogP contribution < -0.4 is 0 Å². The van der Waals surface area contributed by atoms with E-state index in [2.05, 4.69) is 20.8 Å². The summed E-state index contributed by atoms with van der Waals surface area (Å²) >= 11 is 0. The molecule has 0 aromatic rings. The first-order chi connectivity index (χ1) is 6.71. The van der Waals surface area contributed by atoms with E-state index < -0.39 is 5.60 Å². The minimum Gasteiger partial charge on any atom is -0.390 e. The molecule has 1 fully saturated rings. The molecule has 2 N–H and O–H groups in total. The molecular weight excluding hydrogens is 200 g/mol. The van der Waals surface area contributed by atoms with Gasteiger partial charge in [0.05, 0.1) is 11.2 Å². The molecule has 2 nitrogen and oxygen atoms in total. The van der Waals surface area contributed by atoms with Crippen molar-refractivity contribution in [1.82, 2.24) is 0 Å². The minimum atomic E-state index is -0.562. The van der Waals surface area contributed by atoms with Crippen LogP contribution in [0.1, 0.15) is 68.2 Å². The highest BCUT2D eigenvalue weighted by molar-refractivity contribution is 5.02. The van der Waals surface area contributed by atoms with E-state index in [0.29, 0.717) is 0 Å². The van der Waals surface area contributed by atoms with Gasteiger partial charge >= 0.3 is 0 Å². The summed E-state index contributed by atoms with van der Waals surface area (Å²) < 4.78 is 0. The molecule has 1 rings (SSSR count). The molecule has 16 heavy (non-hydrogen) atoms. The Morgan fingerprint density at radius 3 is 1.06 bits per heavy atom. The summed E-state index contributed by atoms with van der Waals surface area (Å²) in [4.78, 5) is 0. The third-order valence-corrected chi connectivity index (χ3v) is 3.96. The number of rotatable bonds is 0. The number of hydrogen-bond acceptors (Lipinski definition) is 2. The Kier molecular flexibility index (Phi) is 4.28. The summed E-state index contributed by atoms with van der Waals surface area (Å²) in [7, 11) is 0. The monoisotopic (exact) mass is 230 g/mol. The van der Waals surface area contributed by atoms with Gasteiger partial charge < -0.3 is 10.2 Å². The molecule has 1 saturated carbocycles. The molecule has 0 unspecified atom stereocenters. The maximum atomic E-state index is 9.47. The second-order valence-corrected chi connectivity index (χ2v) is 7.59. The van der Waals surface area contributed by atoms with E-state index in [9.17, 15) is 10.2 Å². The highest BCUT2D eigenvalue weighted by atomic mass is 16.3. The van der Waals surface area contributed by atoms with Gasteiger partial charge in [-0.3, -0.25) is 0 Å². The van der Waals surface area contributed by atoms with Crippen LogP contribution in [-0.4, -0.2) is 21.4 Å². The van der Waals surface area contributed by atoms with Gasteiger partial charge in [-0.2, -0.15) is 0 Å². The second-order valence-electron chi connectivity index (χ2n) is 7.59. The van der Waals surface area contributed by atoms with E-state index >= 15 is 0 Å². The van der Waals surface area contributed by atoms with Crippen molar-refractivity contribution in [2.24, 2.45) is 10.8 Å². The smallest absolute Gasteiger partial charge is 0.0697 e. The lowest BCUT2D eigenvalue weighted by Crippen LogP contribution is -2.35. The quantitative estimate of drug-likeness (QED) is 0.670. The molecule has 0 aliphatic heterocycles. The number of hydrogen-bond donors (Lipinski definition) is 2. The summed E-state index contributed by atoms with van der Waals surface area (Å²) in [5.74, 6) is 0. The maximum absolute atomic E-state index is 9.47. The molecule has 0 atom stereocenters. The molecule has 0 bridgehead atoms. The zero-order valence-electron chi connectivity index (χ0n) is 12.3. The van der Waals surface area contributed by atoms with Gasteiger partial charge in [0.15, 0.2) is 0 Å². The average molecular weight is 230 g/mol. The summed E-state index contributed by atoms with van der Waals surface area (Å²) in [6.45, 7) is 16.0. The predicted molar refractivity (Wildman–Crippen MR) is 69.4 cm³/mol. The number of aliphatic hydroxyl groups is 2. The van der Waals surface area contributed by atoms with E-state index in [1.54, 1.807) is 0 Å². The van der Waals surface area contributed by atoms with Gasteiger partial charge in [-0.15, -0.1) is 0 Å². The Morgan fingerprint density at radius 1 is 0.812 bits per heavy atom. The van der Waals surface area contributed by atoms with Crippen molar-refractivity contribution in [3.05, 3.63) is 0 Å². The zero-order valence-corrected chi connectivity index (χ0v) is 12.3. The van der Waals surface area contributed by atoms with Crippen molar-refractivity contribution in [2.45, 2.75) is 79.4 Å². The van der Waals surface area contributed by atoms with Crippen LogP contribution in [0.3, 0.4) is 0 Å². The lowest BCUT2D eigenvalue weighted by Gasteiger charge is -2.33. The van der Waals surface area contributed by atoms with Crippen molar-refractivity contribution < 1.29 is 10.2 Å². The van der Waals surface area contributed by atoms with E-state index in [0.717, 1.165) is 12.8 Å². The fourth-order valence-electron chi connectivity index (χ4n) is 0.868. The van der Waals surface area contributed by atoms with Gasteiger partial charge in [-0.1, -0.05) is 41.5 Å². The van der Waals surface area contributed by atoms with Crippen LogP contribution in [0.15, 0.2) is 0 Å². The van der Waals surface area contributed by atoms with Gasteiger partial charge in [0.1, 0.15) is 0 Å². The summed E-state index contributed by atoms with van der Waals surface area (Å²) in [5.41, 5.74) is -0.778. The SMILES string of the molecule is CC(C)(C)C(C)(C)O.CC(C)(C)C1(O)CC1. The van der Waals surface area contributed by atoms with E-state index in [-0.39, 0.29) is 16.4 Å². The van der Waals surface area contributed by atoms with Crippen LogP contribution in [0.25, 0.3) is 0 Å². The van der Waals surface area contributed by atoms with Crippen LogP contribution in [0.5, 0.6) is 0 Å². The van der Waals surface area contributed by atoms with Gasteiger partial charge in [0, 0.05) is 0 Å². The normalized spacial score (nSPS) is 19.9. The summed E-state index contributed by atoms with van der Waals surface area (Å²) in [5, 5.41) is 18.8. The van der Waals surface area contributed by atoms with Crippen molar-refractivity contribution >= 4 is 0 Å². The molecular formula is C14H30O2. The molecule has 1 aliphatic carbocycles. The topological polar surface area (TPSA) is 40.5 Å². The largest absolute Gasteiger partial charge is 0.390 e. The Morgan fingerprint density at radius 2 is 1.06 bits per heavy atom. The molecule has 2 heteroatoms. The fourth-order valence-corrected chi connectivity index (χ4v) is 0.868. The van der Waals surface area contributed by atoms with E-state index in [4.69, 9.17) is 0 Å². The first-order valence-corrected chi connectivity index (χ1v) is 6.15. The Bertz CT molecular complexity index is 185. The van der Waals surface area contributed by atoms with Crippen LogP contribution in [0.4, 0.5) is 0 Å². The molecule has 0 aromatic heterocycles. The lowest BCUT2D eigenvalue weighted by atomic mass is 9.79. The van der Waals surface area contributed by atoms with Gasteiger partial charge in [-0.25, -0.2) is 0 Å². The molecule has 0 aromatic carbocycles. The van der Waals surface area contributed by atoms with Crippen molar-refractivity contribution in [3.63, 3.8) is 0 Å². The molecule has 98 valence electrons. The summed E-state index contributed by atoms with van der Waals surface area (Å²) in [6.07, 6.45) is 1.99. The van der Waals surface area contributed by atoms with Gasteiger partial charge in [0.2, 0.25) is 0 Å². The van der Waals surface area contributed by atoms with Crippen LogP contribution in [0.2, 0.25) is 0 Å². The molecule has 0 saturated heterocycles. The fraction of sp³-hybridized carbons (Fsp3) is 1.00. The minimum absolute atomic E-state index is 0.00694. The highest BCUT2D eigenvalue weighted by Crippen LogP contribution is 2.49. The van der Waals surface area contributed by atoms with E-state index in [1.807, 2.05) is 34.6 Å². The first-order valence-electron chi connectivity index (χ1n) is 6.15. The van der Waals surface area contributed by atoms with Crippen molar-refractivity contribution in [2.75, 3.05) is 0 Å². The predicted octanol–water partition coefficient (Wildman–Crippen LogP) is 3.36. The van der Waals surface area contributed by atoms with Gasteiger partial charge in [0.25, 0.3) is 0 Å². The standard InChI is InChI=1S/C7H14O.C7H16O/c1-6(2,3)7(8)4-5-7;1-6(2,3)7(4,5)8/h8H,4-5H2,1-3H3;8H,1-5H3. The molecule has 0 radical (unpaired) electrons. The first kappa shape index (κ1) is 15.9. The second kappa shape index (κ2) is 4.30. The van der Waals surface area contributed by atoms with Gasteiger partial charge in [-0.05, 0) is 37.5 Å². The van der Waals surface area contributed by atoms with E-state index in [1.165, 1.54) is 0 Å². The van der Waals surface area contributed by atoms with Crippen molar-refractivity contribution in [3.8, 4) is 0 Å². The average Bonchev–Trinajstić information content (AvgIpc) is 2.63. The third kappa shape index (κ3) is 4.42. The zero-order chi connectivity index (χ0) is 13.4. The summed E-state index contributed by atoms with van der Waals surface area (Å²) in [6, 6.07) is 0. The van der Waals surface area contributed by atoms with Crippen molar-refractivity contribution in [1.29, 1.82) is 0 Å². The highest BCUT2D eigenvalue weighted by Gasteiger charge is 2.50. The van der Waals surface area contributed by atoms with Crippen LogP contribution in [-0.2, 0) is 0 Å². The molecule has 0 amide bonds. The van der Waals surface area contributed by atoms with Crippen LogP contribution in [0, 0.1) is 10.8 Å². The third-order valence-electron chi connectivity index (χ3n) is 3.96. The Balaban J connectivity index is 0.000000281. The lowest BCUT2D eigenvalue weighted by molar-refractivity contribution is -0.0238. The molecule has 1 aliphatic rings. The Labute approximate surface area is 101 Å². The Hall–Kier alpha value is -0.0800.